The molecule has 2 N–H and O–H groups in total. The summed E-state index contributed by atoms with van der Waals surface area (Å²) in [5.74, 6) is -0.308. The van der Waals surface area contributed by atoms with Crippen molar-refractivity contribution in [2.45, 2.75) is 0 Å². The Morgan fingerprint density at radius 3 is 1.41 bits per heavy atom. The Labute approximate surface area is 146 Å². The van der Waals surface area contributed by atoms with Gasteiger partial charge < -0.3 is 10.2 Å². The van der Waals surface area contributed by atoms with Crippen molar-refractivity contribution in [2.24, 2.45) is 10.2 Å². The molecule has 0 amide bonds. The van der Waals surface area contributed by atoms with Gasteiger partial charge in [0.2, 0.25) is 0 Å². The quantitative estimate of drug-likeness (QED) is 0.572. The molecule has 0 unspecified atom stereocenters. The lowest BCUT2D eigenvalue weighted by molar-refractivity contribution is 0.474. The highest BCUT2D eigenvalue weighted by molar-refractivity contribution is 6.36. The Bertz CT molecular complexity index is 710. The molecule has 0 saturated heterocycles. The van der Waals surface area contributed by atoms with Crippen molar-refractivity contribution in [3.63, 3.8) is 0 Å². The van der Waals surface area contributed by atoms with E-state index < -0.39 is 0 Å². The summed E-state index contributed by atoms with van der Waals surface area (Å²) in [6.45, 7) is 0. The molecule has 114 valence electrons. The summed E-state index contributed by atoms with van der Waals surface area (Å²) in [7, 11) is 0. The zero-order valence-corrected chi connectivity index (χ0v) is 13.8. The number of nitrogens with zero attached hydrogens (tertiary/aromatic N) is 2. The second kappa shape index (κ2) is 7.20. The lowest BCUT2D eigenvalue weighted by Gasteiger charge is -2.02. The van der Waals surface area contributed by atoms with Gasteiger partial charge in [-0.05, 0) is 24.3 Å². The van der Waals surface area contributed by atoms with Crippen LogP contribution in [-0.4, -0.2) is 22.6 Å². The summed E-state index contributed by atoms with van der Waals surface area (Å²) >= 11 is 23.2. The molecule has 0 saturated carbocycles. The van der Waals surface area contributed by atoms with Crippen molar-refractivity contribution >= 4 is 58.8 Å². The Balaban J connectivity index is 2.23. The number of phenolic OH excluding ortho intramolecular Hbond substituents is 2. The molecule has 2 rings (SSSR count). The van der Waals surface area contributed by atoms with Gasteiger partial charge in [0.15, 0.2) is 0 Å². The van der Waals surface area contributed by atoms with Gasteiger partial charge in [-0.3, -0.25) is 0 Å². The van der Waals surface area contributed by atoms with E-state index in [9.17, 15) is 10.2 Å². The SMILES string of the molecule is Oc1c(Cl)cc(Cl)cc1/C=N/N=C/c1cc(Cl)cc(Cl)c1O. The minimum absolute atomic E-state index is 0.109. The molecule has 0 heterocycles. The fourth-order valence-corrected chi connectivity index (χ4v) is 2.58. The number of rotatable bonds is 3. The average Bonchev–Trinajstić information content (AvgIpc) is 2.44. The molecule has 0 radical (unpaired) electrons. The van der Waals surface area contributed by atoms with Crippen LogP contribution in [0, 0.1) is 0 Å². The fraction of sp³-hybridized carbons (Fsp3) is 0. The molecule has 0 bridgehead atoms. The van der Waals surface area contributed by atoms with Crippen molar-refractivity contribution in [1.82, 2.24) is 0 Å². The highest BCUT2D eigenvalue weighted by Crippen LogP contribution is 2.31. The van der Waals surface area contributed by atoms with Crippen molar-refractivity contribution in [2.75, 3.05) is 0 Å². The van der Waals surface area contributed by atoms with E-state index in [4.69, 9.17) is 46.4 Å². The van der Waals surface area contributed by atoms with E-state index in [2.05, 4.69) is 10.2 Å². The summed E-state index contributed by atoms with van der Waals surface area (Å²) in [4.78, 5) is 0. The Morgan fingerprint density at radius 1 is 0.682 bits per heavy atom. The second-order valence-electron chi connectivity index (χ2n) is 4.14. The molecular weight excluding hydrogens is 370 g/mol. The van der Waals surface area contributed by atoms with E-state index in [0.717, 1.165) is 0 Å². The van der Waals surface area contributed by atoms with Crippen LogP contribution in [0.2, 0.25) is 20.1 Å². The fourth-order valence-electron chi connectivity index (χ4n) is 1.56. The Kier molecular flexibility index (Phi) is 5.53. The van der Waals surface area contributed by atoms with E-state index >= 15 is 0 Å². The third kappa shape index (κ3) is 4.05. The molecule has 0 spiro atoms. The maximum atomic E-state index is 9.75. The van der Waals surface area contributed by atoms with E-state index in [1.165, 1.54) is 36.7 Å². The molecule has 2 aromatic carbocycles. The molecule has 0 atom stereocenters. The van der Waals surface area contributed by atoms with E-state index in [1.54, 1.807) is 0 Å². The van der Waals surface area contributed by atoms with Crippen molar-refractivity contribution < 1.29 is 10.2 Å². The highest BCUT2D eigenvalue weighted by atomic mass is 35.5. The number of phenols is 2. The Morgan fingerprint density at radius 2 is 1.05 bits per heavy atom. The van der Waals surface area contributed by atoms with E-state index in [0.29, 0.717) is 21.2 Å². The Hall–Kier alpha value is -1.46. The molecule has 0 fully saturated rings. The number of hydrogen-bond acceptors (Lipinski definition) is 4. The maximum Gasteiger partial charge on any atom is 0.143 e. The van der Waals surface area contributed by atoms with Gasteiger partial charge in [0.1, 0.15) is 11.5 Å². The first-order chi connectivity index (χ1) is 10.4. The summed E-state index contributed by atoms with van der Waals surface area (Å²) < 4.78 is 0. The largest absolute Gasteiger partial charge is 0.506 e. The normalized spacial score (nSPS) is 11.6. The lowest BCUT2D eigenvalue weighted by Crippen LogP contribution is -1.85. The van der Waals surface area contributed by atoms with E-state index in [1.807, 2.05) is 0 Å². The number of aromatic hydroxyl groups is 2. The highest BCUT2D eigenvalue weighted by Gasteiger charge is 2.07. The summed E-state index contributed by atoms with van der Waals surface area (Å²) in [5.41, 5.74) is 0.617. The van der Waals surface area contributed by atoms with Crippen LogP contribution in [0.5, 0.6) is 11.5 Å². The molecule has 4 nitrogen and oxygen atoms in total. The topological polar surface area (TPSA) is 65.2 Å². The maximum absolute atomic E-state index is 9.75. The second-order valence-corrected chi connectivity index (χ2v) is 5.83. The monoisotopic (exact) mass is 376 g/mol. The number of benzene rings is 2. The number of hydrogen-bond donors (Lipinski definition) is 2. The zero-order valence-electron chi connectivity index (χ0n) is 10.8. The molecule has 0 aromatic heterocycles. The summed E-state index contributed by atoms with van der Waals surface area (Å²) in [6, 6.07) is 5.78. The smallest absolute Gasteiger partial charge is 0.143 e. The minimum atomic E-state index is -0.154. The van der Waals surface area contributed by atoms with Crippen LogP contribution in [0.25, 0.3) is 0 Å². The van der Waals surface area contributed by atoms with Crippen LogP contribution in [-0.2, 0) is 0 Å². The van der Waals surface area contributed by atoms with Gasteiger partial charge in [0.25, 0.3) is 0 Å². The predicted octanol–water partition coefficient (Wildman–Crippen LogP) is 5.16. The molecule has 0 aliphatic heterocycles. The summed E-state index contributed by atoms with van der Waals surface area (Å²) in [6.07, 6.45) is 2.54. The molecule has 0 aliphatic carbocycles. The van der Waals surface area contributed by atoms with Crippen LogP contribution in [0.4, 0.5) is 0 Å². The van der Waals surface area contributed by atoms with Gasteiger partial charge in [-0.2, -0.15) is 10.2 Å². The molecular formula is C14H8Cl4N2O2. The van der Waals surface area contributed by atoms with Gasteiger partial charge in [0.05, 0.1) is 22.5 Å². The van der Waals surface area contributed by atoms with Crippen LogP contribution >= 0.6 is 46.4 Å². The van der Waals surface area contributed by atoms with Crippen LogP contribution in [0.15, 0.2) is 34.5 Å². The third-order valence-corrected chi connectivity index (χ3v) is 3.59. The first kappa shape index (κ1) is 16.9. The zero-order chi connectivity index (χ0) is 16.3. The van der Waals surface area contributed by atoms with Crippen LogP contribution in [0.1, 0.15) is 11.1 Å². The van der Waals surface area contributed by atoms with E-state index in [-0.39, 0.29) is 21.5 Å². The first-order valence-electron chi connectivity index (χ1n) is 5.81. The predicted molar refractivity (Wildman–Crippen MR) is 91.4 cm³/mol. The van der Waals surface area contributed by atoms with Crippen LogP contribution < -0.4 is 0 Å². The van der Waals surface area contributed by atoms with Gasteiger partial charge in [-0.1, -0.05) is 46.4 Å². The minimum Gasteiger partial charge on any atom is -0.506 e. The van der Waals surface area contributed by atoms with Crippen molar-refractivity contribution in [3.05, 3.63) is 55.5 Å². The van der Waals surface area contributed by atoms with Gasteiger partial charge in [0, 0.05) is 21.2 Å². The summed E-state index contributed by atoms with van der Waals surface area (Å²) in [5, 5.41) is 27.9. The van der Waals surface area contributed by atoms with Crippen LogP contribution in [0.3, 0.4) is 0 Å². The first-order valence-corrected chi connectivity index (χ1v) is 7.32. The number of halogens is 4. The molecule has 22 heavy (non-hydrogen) atoms. The lowest BCUT2D eigenvalue weighted by atomic mass is 10.2. The molecule has 2 aromatic rings. The molecule has 8 heteroatoms. The standard InChI is InChI=1S/C14H8Cl4N2O2/c15-9-1-7(13(21)11(17)3-9)5-19-20-6-8-2-10(16)4-12(18)14(8)22/h1-6,21-22H/b19-5+,20-6+. The van der Waals surface area contributed by atoms with Gasteiger partial charge >= 0.3 is 0 Å². The van der Waals surface area contributed by atoms with Crippen molar-refractivity contribution in [3.8, 4) is 11.5 Å². The van der Waals surface area contributed by atoms with Gasteiger partial charge in [-0.25, -0.2) is 0 Å². The third-order valence-electron chi connectivity index (χ3n) is 2.58. The van der Waals surface area contributed by atoms with Crippen molar-refractivity contribution in [1.29, 1.82) is 0 Å². The molecule has 0 aliphatic rings. The van der Waals surface area contributed by atoms with Gasteiger partial charge in [-0.15, -0.1) is 0 Å². The average molecular weight is 378 g/mol.